The first-order valence-electron chi connectivity index (χ1n) is 6.30. The van der Waals surface area contributed by atoms with Crippen molar-refractivity contribution in [1.29, 1.82) is 0 Å². The van der Waals surface area contributed by atoms with Gasteiger partial charge in [0.2, 0.25) is 0 Å². The lowest BCUT2D eigenvalue weighted by Gasteiger charge is -2.16. The Morgan fingerprint density at radius 3 is 2.75 bits per heavy atom. The summed E-state index contributed by atoms with van der Waals surface area (Å²) >= 11 is 0. The van der Waals surface area contributed by atoms with E-state index in [2.05, 4.69) is 28.6 Å². The minimum atomic E-state index is -0.00585. The van der Waals surface area contributed by atoms with Gasteiger partial charge in [0.15, 0.2) is 5.82 Å². The second kappa shape index (κ2) is 4.95. The van der Waals surface area contributed by atoms with E-state index in [0.29, 0.717) is 11.8 Å². The molecule has 0 aliphatic heterocycles. The van der Waals surface area contributed by atoms with E-state index >= 15 is 0 Å². The topological polar surface area (TPSA) is 50.9 Å². The molecule has 1 aromatic heterocycles. The maximum Gasteiger partial charge on any atom is 0.158 e. The van der Waals surface area contributed by atoms with Crippen LogP contribution in [0.1, 0.15) is 57.1 Å². The lowest BCUT2D eigenvalue weighted by Crippen LogP contribution is -2.13. The molecule has 1 fully saturated rings. The van der Waals surface area contributed by atoms with Crippen molar-refractivity contribution in [3.63, 3.8) is 0 Å². The number of aliphatic hydroxyl groups is 1. The van der Waals surface area contributed by atoms with Crippen LogP contribution in [0.4, 0.5) is 0 Å². The molecule has 1 aliphatic carbocycles. The number of hydrogen-bond donors (Lipinski definition) is 1. The molecule has 0 amide bonds. The molecule has 1 heterocycles. The quantitative estimate of drug-likeness (QED) is 0.850. The van der Waals surface area contributed by atoms with Crippen LogP contribution in [0.5, 0.6) is 0 Å². The summed E-state index contributed by atoms with van der Waals surface area (Å²) in [5, 5.41) is 17.6. The van der Waals surface area contributed by atoms with E-state index in [0.717, 1.165) is 24.6 Å². The molecule has 0 radical (unpaired) electrons. The Balaban J connectivity index is 2.28. The number of rotatable bonds is 4. The Morgan fingerprint density at radius 2 is 2.19 bits per heavy atom. The van der Waals surface area contributed by atoms with Crippen LogP contribution in [0, 0.1) is 5.92 Å². The van der Waals surface area contributed by atoms with E-state index in [1.165, 1.54) is 19.3 Å². The number of aromatic nitrogens is 3. The predicted molar refractivity (Wildman–Crippen MR) is 62.0 cm³/mol. The van der Waals surface area contributed by atoms with Crippen molar-refractivity contribution in [2.75, 3.05) is 0 Å². The first-order valence-corrected chi connectivity index (χ1v) is 6.30. The normalized spacial score (nSPS) is 25.2. The third-order valence-corrected chi connectivity index (χ3v) is 3.64. The van der Waals surface area contributed by atoms with E-state index in [1.54, 1.807) is 0 Å². The molecular formula is C12H21N3O. The largest absolute Gasteiger partial charge is 0.388 e. The molecule has 90 valence electrons. The maximum absolute atomic E-state index is 9.24. The lowest BCUT2D eigenvalue weighted by atomic mass is 9.97. The molecule has 2 rings (SSSR count). The van der Waals surface area contributed by atoms with Gasteiger partial charge in [-0.25, -0.2) is 0 Å². The van der Waals surface area contributed by atoms with E-state index < -0.39 is 0 Å². The van der Waals surface area contributed by atoms with Gasteiger partial charge >= 0.3 is 0 Å². The van der Waals surface area contributed by atoms with Crippen LogP contribution in [0.15, 0.2) is 0 Å². The number of hydrogen-bond acceptors (Lipinski definition) is 3. The van der Waals surface area contributed by atoms with Gasteiger partial charge in [0.1, 0.15) is 12.4 Å². The van der Waals surface area contributed by atoms with Gasteiger partial charge in [0, 0.05) is 12.5 Å². The molecule has 4 heteroatoms. The predicted octanol–water partition coefficient (Wildman–Crippen LogP) is 2.08. The van der Waals surface area contributed by atoms with E-state index in [1.807, 2.05) is 0 Å². The van der Waals surface area contributed by atoms with E-state index in [-0.39, 0.29) is 6.61 Å². The summed E-state index contributed by atoms with van der Waals surface area (Å²) < 4.78 is 2.12. The first kappa shape index (κ1) is 11.6. The third kappa shape index (κ3) is 1.98. The number of nitrogens with zero attached hydrogens (tertiary/aromatic N) is 3. The van der Waals surface area contributed by atoms with Crippen LogP contribution >= 0.6 is 0 Å². The zero-order valence-corrected chi connectivity index (χ0v) is 10.2. The molecule has 0 spiro atoms. The molecule has 1 aromatic rings. The molecule has 0 bridgehead atoms. The Bertz CT molecular complexity index is 348. The summed E-state index contributed by atoms with van der Waals surface area (Å²) in [5.74, 6) is 3.05. The zero-order chi connectivity index (χ0) is 11.5. The molecule has 16 heavy (non-hydrogen) atoms. The Hall–Kier alpha value is -0.900. The van der Waals surface area contributed by atoms with Crippen molar-refractivity contribution in [3.05, 3.63) is 11.6 Å². The average Bonchev–Trinajstić information content (AvgIpc) is 2.85. The minimum absolute atomic E-state index is 0.00585. The highest BCUT2D eigenvalue weighted by molar-refractivity contribution is 5.05. The summed E-state index contributed by atoms with van der Waals surface area (Å²) in [6.07, 6.45) is 4.85. The third-order valence-electron chi connectivity index (χ3n) is 3.64. The molecule has 1 aliphatic rings. The molecular weight excluding hydrogens is 202 g/mol. The minimum Gasteiger partial charge on any atom is -0.388 e. The van der Waals surface area contributed by atoms with Crippen molar-refractivity contribution >= 4 is 0 Å². The summed E-state index contributed by atoms with van der Waals surface area (Å²) in [6, 6.07) is 0. The van der Waals surface area contributed by atoms with Crippen LogP contribution in [0.25, 0.3) is 0 Å². The number of aliphatic hydroxyl groups excluding tert-OH is 1. The molecule has 1 N–H and O–H groups in total. The summed E-state index contributed by atoms with van der Waals surface area (Å²) in [4.78, 5) is 0. The fraction of sp³-hybridized carbons (Fsp3) is 0.833. The van der Waals surface area contributed by atoms with Crippen molar-refractivity contribution in [2.24, 2.45) is 5.92 Å². The molecule has 2 unspecified atom stereocenters. The van der Waals surface area contributed by atoms with Crippen LogP contribution in [-0.4, -0.2) is 19.9 Å². The van der Waals surface area contributed by atoms with Gasteiger partial charge in [-0.05, 0) is 25.2 Å². The van der Waals surface area contributed by atoms with Crippen LogP contribution in [-0.2, 0) is 13.2 Å². The SMILES string of the molecule is CCCn1c(CO)nnc1C1CCCC1C. The Kier molecular flexibility index (Phi) is 3.59. The zero-order valence-electron chi connectivity index (χ0n) is 10.2. The van der Waals surface area contributed by atoms with Crippen molar-refractivity contribution in [3.8, 4) is 0 Å². The highest BCUT2D eigenvalue weighted by Crippen LogP contribution is 2.38. The van der Waals surface area contributed by atoms with Gasteiger partial charge in [0.25, 0.3) is 0 Å². The Morgan fingerprint density at radius 1 is 1.38 bits per heavy atom. The molecule has 0 aromatic carbocycles. The fourth-order valence-electron chi connectivity index (χ4n) is 2.74. The van der Waals surface area contributed by atoms with Crippen LogP contribution in [0.2, 0.25) is 0 Å². The standard InChI is InChI=1S/C12H21N3O/c1-3-7-15-11(8-16)13-14-12(15)10-6-4-5-9(10)2/h9-10,16H,3-8H2,1-2H3. The summed E-state index contributed by atoms with van der Waals surface area (Å²) in [7, 11) is 0. The Labute approximate surface area is 96.7 Å². The lowest BCUT2D eigenvalue weighted by molar-refractivity contribution is 0.263. The molecule has 1 saturated carbocycles. The second-order valence-corrected chi connectivity index (χ2v) is 4.80. The van der Waals surface area contributed by atoms with Gasteiger partial charge < -0.3 is 9.67 Å². The average molecular weight is 223 g/mol. The highest BCUT2D eigenvalue weighted by atomic mass is 16.3. The summed E-state index contributed by atoms with van der Waals surface area (Å²) in [6.45, 7) is 5.35. The van der Waals surface area contributed by atoms with Crippen LogP contribution < -0.4 is 0 Å². The first-order chi connectivity index (χ1) is 7.77. The van der Waals surface area contributed by atoms with Gasteiger partial charge in [-0.3, -0.25) is 0 Å². The van der Waals surface area contributed by atoms with E-state index in [9.17, 15) is 5.11 Å². The van der Waals surface area contributed by atoms with Gasteiger partial charge in [-0.15, -0.1) is 10.2 Å². The van der Waals surface area contributed by atoms with Gasteiger partial charge in [-0.2, -0.15) is 0 Å². The van der Waals surface area contributed by atoms with Crippen molar-refractivity contribution in [1.82, 2.24) is 14.8 Å². The molecule has 2 atom stereocenters. The molecule has 4 nitrogen and oxygen atoms in total. The van der Waals surface area contributed by atoms with Gasteiger partial charge in [0.05, 0.1) is 0 Å². The van der Waals surface area contributed by atoms with Crippen LogP contribution in [0.3, 0.4) is 0 Å². The molecule has 0 saturated heterocycles. The monoisotopic (exact) mass is 223 g/mol. The smallest absolute Gasteiger partial charge is 0.158 e. The summed E-state index contributed by atoms with van der Waals surface area (Å²) in [5.41, 5.74) is 0. The second-order valence-electron chi connectivity index (χ2n) is 4.80. The van der Waals surface area contributed by atoms with Crippen molar-refractivity contribution in [2.45, 2.75) is 58.6 Å². The van der Waals surface area contributed by atoms with Gasteiger partial charge in [-0.1, -0.05) is 20.3 Å². The maximum atomic E-state index is 9.24. The van der Waals surface area contributed by atoms with Crippen molar-refractivity contribution < 1.29 is 5.11 Å². The highest BCUT2D eigenvalue weighted by Gasteiger charge is 2.29. The fourth-order valence-corrected chi connectivity index (χ4v) is 2.74. The van der Waals surface area contributed by atoms with E-state index in [4.69, 9.17) is 0 Å².